The predicted molar refractivity (Wildman–Crippen MR) is 94.2 cm³/mol. The summed E-state index contributed by atoms with van der Waals surface area (Å²) < 4.78 is 17.5. The highest BCUT2D eigenvalue weighted by atomic mass is 19.1. The number of pyridine rings is 1. The van der Waals surface area contributed by atoms with Crippen LogP contribution in [0.2, 0.25) is 0 Å². The Morgan fingerprint density at radius 2 is 1.96 bits per heavy atom. The van der Waals surface area contributed by atoms with E-state index in [1.807, 2.05) is 30.3 Å². The number of hydrogen-bond acceptors (Lipinski definition) is 4. The van der Waals surface area contributed by atoms with Crippen molar-refractivity contribution in [3.05, 3.63) is 66.1 Å². The third-order valence-electron chi connectivity index (χ3n) is 3.94. The van der Waals surface area contributed by atoms with Gasteiger partial charge in [0.2, 0.25) is 0 Å². The summed E-state index contributed by atoms with van der Waals surface area (Å²) in [6.07, 6.45) is 3.40. The number of halogens is 1. The lowest BCUT2D eigenvalue weighted by atomic mass is 10.2. The van der Waals surface area contributed by atoms with Gasteiger partial charge in [-0.15, -0.1) is 0 Å². The summed E-state index contributed by atoms with van der Waals surface area (Å²) in [5, 5.41) is 6.42. The minimum Gasteiger partial charge on any atom is -0.255 e. The maximum absolute atomic E-state index is 14.1. The maximum atomic E-state index is 14.1. The van der Waals surface area contributed by atoms with E-state index in [1.54, 1.807) is 39.0 Å². The molecule has 0 saturated heterocycles. The van der Waals surface area contributed by atoms with Crippen LogP contribution in [-0.4, -0.2) is 39.2 Å². The molecule has 0 N–H and O–H groups in total. The quantitative estimate of drug-likeness (QED) is 0.689. The van der Waals surface area contributed by atoms with Crippen LogP contribution in [0, 0.1) is 5.82 Å². The Labute approximate surface area is 144 Å². The Bertz CT molecular complexity index is 947. The van der Waals surface area contributed by atoms with Gasteiger partial charge in [-0.05, 0) is 18.2 Å². The molecule has 0 bridgehead atoms. The number of aliphatic imine (C=N–C) groups is 1. The van der Waals surface area contributed by atoms with Gasteiger partial charge in [0, 0.05) is 17.8 Å². The molecule has 2 aromatic heterocycles. The number of hydrogen-bond donors (Lipinski definition) is 0. The lowest BCUT2D eigenvalue weighted by Gasteiger charge is -2.12. The second-order valence-electron chi connectivity index (χ2n) is 5.64. The van der Waals surface area contributed by atoms with E-state index in [-0.39, 0.29) is 5.82 Å². The van der Waals surface area contributed by atoms with Crippen LogP contribution in [-0.2, 0) is 6.54 Å². The molecule has 0 amide bonds. The predicted octanol–water partition coefficient (Wildman–Crippen LogP) is 2.57. The standard InChI is InChI=1S/C18H16FN6/c1-23-12-20-13-25(23)18-10-17(16-8-4-5-9-21-16)22-24(18)11-14-6-2-3-7-15(14)19/h2-10,13H,1,11-12H2/q+1. The van der Waals surface area contributed by atoms with Gasteiger partial charge in [-0.3, -0.25) is 4.98 Å². The second-order valence-corrected chi connectivity index (χ2v) is 5.64. The highest BCUT2D eigenvalue weighted by Crippen LogP contribution is 2.25. The molecule has 0 atom stereocenters. The van der Waals surface area contributed by atoms with Gasteiger partial charge in [-0.1, -0.05) is 34.0 Å². The number of anilines is 1. The molecule has 0 radical (unpaired) electrons. The lowest BCUT2D eigenvalue weighted by Crippen LogP contribution is -2.30. The highest BCUT2D eigenvalue weighted by Gasteiger charge is 2.25. The molecule has 6 nitrogen and oxygen atoms in total. The van der Waals surface area contributed by atoms with Crippen molar-refractivity contribution in [2.75, 3.05) is 11.7 Å². The first-order valence-electron chi connectivity index (χ1n) is 7.82. The topological polar surface area (TPSA) is 49.3 Å². The number of hydrazine groups is 1. The normalized spacial score (nSPS) is 13.6. The van der Waals surface area contributed by atoms with E-state index in [0.717, 1.165) is 11.5 Å². The third-order valence-corrected chi connectivity index (χ3v) is 3.94. The molecule has 4 rings (SSSR count). The number of benzene rings is 1. The Balaban J connectivity index is 1.78. The fourth-order valence-electron chi connectivity index (χ4n) is 2.69. The van der Waals surface area contributed by atoms with E-state index in [1.165, 1.54) is 6.07 Å². The average molecular weight is 335 g/mol. The Kier molecular flexibility index (Phi) is 3.81. The molecule has 0 unspecified atom stereocenters. The average Bonchev–Trinajstić information content (AvgIpc) is 3.24. The largest absolute Gasteiger partial charge is 0.265 e. The van der Waals surface area contributed by atoms with Crippen LogP contribution in [0.3, 0.4) is 0 Å². The molecule has 0 fully saturated rings. The fraction of sp³-hybridized carbons (Fsp3) is 0.111. The Morgan fingerprint density at radius 3 is 2.68 bits per heavy atom. The van der Waals surface area contributed by atoms with Crippen LogP contribution < -0.4 is 5.01 Å². The molecule has 3 heterocycles. The van der Waals surface area contributed by atoms with E-state index in [4.69, 9.17) is 0 Å². The van der Waals surface area contributed by atoms with Crippen LogP contribution in [0.5, 0.6) is 0 Å². The zero-order valence-electron chi connectivity index (χ0n) is 13.5. The van der Waals surface area contributed by atoms with Crippen LogP contribution in [0.25, 0.3) is 11.4 Å². The summed E-state index contributed by atoms with van der Waals surface area (Å²) in [4.78, 5) is 8.55. The van der Waals surface area contributed by atoms with Gasteiger partial charge >= 0.3 is 0 Å². The van der Waals surface area contributed by atoms with Crippen molar-refractivity contribution in [1.29, 1.82) is 0 Å². The molecule has 1 aliphatic heterocycles. The summed E-state index contributed by atoms with van der Waals surface area (Å²) in [6, 6.07) is 14.2. The Hall–Kier alpha value is -3.35. The van der Waals surface area contributed by atoms with E-state index >= 15 is 0 Å². The maximum Gasteiger partial charge on any atom is 0.265 e. The second kappa shape index (κ2) is 6.27. The van der Waals surface area contributed by atoms with Crippen LogP contribution in [0.15, 0.2) is 59.7 Å². The van der Waals surface area contributed by atoms with Crippen LogP contribution in [0.1, 0.15) is 5.56 Å². The van der Waals surface area contributed by atoms with E-state index in [2.05, 4.69) is 21.8 Å². The molecule has 1 aliphatic rings. The molecule has 124 valence electrons. The van der Waals surface area contributed by atoms with Crippen molar-refractivity contribution in [2.24, 2.45) is 4.99 Å². The summed E-state index contributed by atoms with van der Waals surface area (Å²) in [7, 11) is 0. The Morgan fingerprint density at radius 1 is 1.12 bits per heavy atom. The molecular formula is C18H16FN6+. The van der Waals surface area contributed by atoms with Gasteiger partial charge < -0.3 is 0 Å². The van der Waals surface area contributed by atoms with Gasteiger partial charge in [0.1, 0.15) is 11.5 Å². The molecule has 3 aromatic rings. The number of rotatable bonds is 4. The first kappa shape index (κ1) is 15.2. The monoisotopic (exact) mass is 335 g/mol. The summed E-state index contributed by atoms with van der Waals surface area (Å²) >= 11 is 0. The van der Waals surface area contributed by atoms with Gasteiger partial charge in [0.15, 0.2) is 18.9 Å². The summed E-state index contributed by atoms with van der Waals surface area (Å²) in [5.74, 6) is 0.491. The lowest BCUT2D eigenvalue weighted by molar-refractivity contribution is -0.508. The number of hydrazone groups is 1. The summed E-state index contributed by atoms with van der Waals surface area (Å²) in [5.41, 5.74) is 2.02. The van der Waals surface area contributed by atoms with Gasteiger partial charge in [-0.25, -0.2) is 14.1 Å². The van der Waals surface area contributed by atoms with Crippen molar-refractivity contribution in [3.8, 4) is 11.4 Å². The molecule has 25 heavy (non-hydrogen) atoms. The van der Waals surface area contributed by atoms with Gasteiger partial charge in [0.05, 0.1) is 12.2 Å². The first-order chi connectivity index (χ1) is 12.2. The van der Waals surface area contributed by atoms with Crippen LogP contribution in [0.4, 0.5) is 10.2 Å². The smallest absolute Gasteiger partial charge is 0.255 e. The van der Waals surface area contributed by atoms with E-state index < -0.39 is 0 Å². The minimum absolute atomic E-state index is 0.259. The highest BCUT2D eigenvalue weighted by molar-refractivity contribution is 5.77. The van der Waals surface area contributed by atoms with Crippen molar-refractivity contribution in [2.45, 2.75) is 6.54 Å². The third kappa shape index (κ3) is 2.91. The number of nitrogens with zero attached hydrogens (tertiary/aromatic N) is 6. The zero-order chi connectivity index (χ0) is 17.2. The first-order valence-corrected chi connectivity index (χ1v) is 7.82. The molecule has 0 aliphatic carbocycles. The molecule has 7 heteroatoms. The zero-order valence-corrected chi connectivity index (χ0v) is 13.5. The SMILES string of the molecule is C=[N+]1CN=CN1c1cc(-c2ccccn2)nn1Cc1ccccc1F. The van der Waals surface area contributed by atoms with Crippen molar-refractivity contribution < 1.29 is 9.07 Å². The van der Waals surface area contributed by atoms with Crippen LogP contribution >= 0.6 is 0 Å². The van der Waals surface area contributed by atoms with Crippen molar-refractivity contribution >= 4 is 18.9 Å². The van der Waals surface area contributed by atoms with Gasteiger partial charge in [0.25, 0.3) is 6.67 Å². The fourth-order valence-corrected chi connectivity index (χ4v) is 2.69. The molecule has 0 spiro atoms. The molecular weight excluding hydrogens is 319 g/mol. The molecule has 1 aromatic carbocycles. The van der Waals surface area contributed by atoms with E-state index in [9.17, 15) is 4.39 Å². The summed E-state index contributed by atoms with van der Waals surface area (Å²) in [6.45, 7) is 4.71. The van der Waals surface area contributed by atoms with E-state index in [0.29, 0.717) is 24.5 Å². The van der Waals surface area contributed by atoms with Gasteiger partial charge in [-0.2, -0.15) is 5.10 Å². The molecule has 0 saturated carbocycles. The number of aromatic nitrogens is 3. The van der Waals surface area contributed by atoms with Crippen molar-refractivity contribution in [1.82, 2.24) is 14.8 Å². The van der Waals surface area contributed by atoms with Crippen molar-refractivity contribution in [3.63, 3.8) is 0 Å². The minimum atomic E-state index is -0.259.